The van der Waals surface area contributed by atoms with Crippen LogP contribution in [-0.2, 0) is 10.8 Å². The normalized spacial score (nSPS) is 14.1. The van der Waals surface area contributed by atoms with Crippen molar-refractivity contribution in [3.8, 4) is 66.8 Å². The van der Waals surface area contributed by atoms with Gasteiger partial charge < -0.3 is 0 Å². The maximum atomic E-state index is 2.53. The Morgan fingerprint density at radius 3 is 1.01 bits per heavy atom. The predicted octanol–water partition coefficient (Wildman–Crippen LogP) is 18.7. The second-order valence-electron chi connectivity index (χ2n) is 20.3. The largest absolute Gasteiger partial charge is 0.0619 e. The molecule has 0 atom stereocenters. The van der Waals surface area contributed by atoms with Crippen molar-refractivity contribution in [2.45, 2.75) is 38.5 Å². The number of hydrogen-bond acceptors (Lipinski definition) is 0. The van der Waals surface area contributed by atoms with Crippen LogP contribution in [0.1, 0.15) is 49.9 Å². The van der Waals surface area contributed by atoms with Gasteiger partial charge in [0.1, 0.15) is 0 Å². The molecule has 12 aromatic carbocycles. The lowest BCUT2D eigenvalue weighted by molar-refractivity contribution is 0.660. The van der Waals surface area contributed by atoms with E-state index in [2.05, 4.69) is 246 Å². The van der Waals surface area contributed by atoms with Crippen LogP contribution in [0.3, 0.4) is 0 Å². The van der Waals surface area contributed by atoms with Gasteiger partial charge in [-0.25, -0.2) is 0 Å². The van der Waals surface area contributed by atoms with Crippen LogP contribution in [0.4, 0.5) is 0 Å². The van der Waals surface area contributed by atoms with Crippen molar-refractivity contribution in [2.75, 3.05) is 0 Å². The second kappa shape index (κ2) is 14.2. The highest BCUT2D eigenvalue weighted by Crippen LogP contribution is 2.56. The van der Waals surface area contributed by atoms with E-state index in [1.807, 2.05) is 0 Å². The molecule has 0 aromatic heterocycles. The molecule has 320 valence electrons. The van der Waals surface area contributed by atoms with Gasteiger partial charge in [0.05, 0.1) is 0 Å². The van der Waals surface area contributed by atoms with Crippen LogP contribution in [0.5, 0.6) is 0 Å². The van der Waals surface area contributed by atoms with Crippen LogP contribution in [0.15, 0.2) is 218 Å². The Balaban J connectivity index is 0.949. The molecule has 0 unspecified atom stereocenters. The van der Waals surface area contributed by atoms with E-state index in [4.69, 9.17) is 0 Å². The Hall–Kier alpha value is -8.06. The van der Waals surface area contributed by atoms with E-state index in [1.165, 1.54) is 143 Å². The summed E-state index contributed by atoms with van der Waals surface area (Å²) in [5.41, 5.74) is 21.0. The van der Waals surface area contributed by atoms with Crippen molar-refractivity contribution in [1.29, 1.82) is 0 Å². The molecule has 12 aromatic rings. The van der Waals surface area contributed by atoms with Gasteiger partial charge in [-0.3, -0.25) is 0 Å². The maximum Gasteiger partial charge on any atom is 0.0159 e. The molecule has 0 radical (unpaired) electrons. The predicted molar refractivity (Wildman–Crippen MR) is 291 cm³/mol. The third-order valence-electron chi connectivity index (χ3n) is 16.1. The molecule has 0 aliphatic heterocycles. The summed E-state index contributed by atoms with van der Waals surface area (Å²) in [5, 5.41) is 12.8. The molecule has 2 aliphatic rings. The smallest absolute Gasteiger partial charge is 0.0159 e. The first-order chi connectivity index (χ1) is 33.3. The average Bonchev–Trinajstić information content (AvgIpc) is 3.76. The lowest BCUT2D eigenvalue weighted by Crippen LogP contribution is -2.15. The lowest BCUT2D eigenvalue weighted by atomic mass is 9.79. The van der Waals surface area contributed by atoms with Crippen molar-refractivity contribution in [3.63, 3.8) is 0 Å². The van der Waals surface area contributed by atoms with Crippen molar-refractivity contribution in [1.82, 2.24) is 0 Å². The maximum absolute atomic E-state index is 2.53. The molecule has 14 rings (SSSR count). The highest BCUT2D eigenvalue weighted by molar-refractivity contribution is 6.25. The van der Waals surface area contributed by atoms with Gasteiger partial charge >= 0.3 is 0 Å². The molecule has 0 fully saturated rings. The van der Waals surface area contributed by atoms with Crippen LogP contribution in [0.2, 0.25) is 0 Å². The molecule has 0 saturated heterocycles. The summed E-state index contributed by atoms with van der Waals surface area (Å²) in [6.45, 7) is 9.54. The molecule has 0 bridgehead atoms. The average molecular weight is 865 g/mol. The number of benzene rings is 12. The summed E-state index contributed by atoms with van der Waals surface area (Å²) in [6.07, 6.45) is 0. The van der Waals surface area contributed by atoms with E-state index < -0.39 is 0 Å². The molecule has 0 nitrogen and oxygen atoms in total. The standard InChI is InChI=1S/C68H48/c1-67(2)58-31-17-15-20-45(58)46-38-37-43(39-60(46)67)64-50-24-9-7-22-48(50)62(49-23-8-10-25-51(49)64)41-33-35-42(36-34-41)63-52-26-11-13-28-54(52)65(55-29-14-12-27-53(55)63)57-40-61-66(47-21-6-5-19-44(47)57)56-30-16-18-32-59(56)68(61,3)4/h5-40H,1-4H3. The highest BCUT2D eigenvalue weighted by Gasteiger charge is 2.38. The first-order valence-corrected chi connectivity index (χ1v) is 24.2. The quantitative estimate of drug-likeness (QED) is 0.155. The Kier molecular flexibility index (Phi) is 8.19. The van der Waals surface area contributed by atoms with E-state index in [0.29, 0.717) is 0 Å². The fraction of sp³-hybridized carbons (Fsp3) is 0.0882. The Labute approximate surface area is 397 Å². The lowest BCUT2D eigenvalue weighted by Gasteiger charge is -2.24. The molecule has 0 heterocycles. The van der Waals surface area contributed by atoms with E-state index >= 15 is 0 Å². The number of hydrogen-bond donors (Lipinski definition) is 0. The zero-order chi connectivity index (χ0) is 45.5. The first kappa shape index (κ1) is 39.1. The molecule has 0 heteroatoms. The summed E-state index contributed by atoms with van der Waals surface area (Å²) < 4.78 is 0. The Bertz CT molecular complexity index is 4010. The van der Waals surface area contributed by atoms with Crippen LogP contribution < -0.4 is 0 Å². The SMILES string of the molecule is CC1(C)c2ccccc2-c2ccc(-c3c4ccccc4c(-c4ccc(-c5c6ccccc6c(-c6cc7c(c8ccccc68)-c6ccccc6C7(C)C)c6ccccc56)cc4)c4ccccc34)cc21. The fourth-order valence-corrected chi connectivity index (χ4v) is 12.9. The van der Waals surface area contributed by atoms with E-state index in [9.17, 15) is 0 Å². The molecule has 0 N–H and O–H groups in total. The summed E-state index contributed by atoms with van der Waals surface area (Å²) in [4.78, 5) is 0. The zero-order valence-electron chi connectivity index (χ0n) is 38.8. The van der Waals surface area contributed by atoms with E-state index in [0.717, 1.165) is 0 Å². The number of fused-ring (bicyclic) bond motifs is 12. The summed E-state index contributed by atoms with van der Waals surface area (Å²) in [6, 6.07) is 82.5. The zero-order valence-corrected chi connectivity index (χ0v) is 38.8. The van der Waals surface area contributed by atoms with Crippen LogP contribution in [0.25, 0.3) is 121 Å². The summed E-state index contributed by atoms with van der Waals surface area (Å²) in [5.74, 6) is 0. The minimum absolute atomic E-state index is 0.0768. The minimum atomic E-state index is -0.124. The second-order valence-corrected chi connectivity index (χ2v) is 20.3. The Morgan fingerprint density at radius 1 is 0.206 bits per heavy atom. The van der Waals surface area contributed by atoms with Crippen molar-refractivity contribution < 1.29 is 0 Å². The highest BCUT2D eigenvalue weighted by atomic mass is 14.4. The van der Waals surface area contributed by atoms with E-state index in [-0.39, 0.29) is 10.8 Å². The van der Waals surface area contributed by atoms with Crippen molar-refractivity contribution in [3.05, 3.63) is 241 Å². The molecule has 68 heavy (non-hydrogen) atoms. The van der Waals surface area contributed by atoms with Crippen LogP contribution >= 0.6 is 0 Å². The van der Waals surface area contributed by atoms with Gasteiger partial charge in [-0.15, -0.1) is 0 Å². The summed E-state index contributed by atoms with van der Waals surface area (Å²) in [7, 11) is 0. The molecular formula is C68H48. The molecule has 0 spiro atoms. The van der Waals surface area contributed by atoms with Crippen LogP contribution in [-0.4, -0.2) is 0 Å². The van der Waals surface area contributed by atoms with Crippen molar-refractivity contribution >= 4 is 53.9 Å². The van der Waals surface area contributed by atoms with Gasteiger partial charge in [0.2, 0.25) is 0 Å². The Morgan fingerprint density at radius 2 is 0.529 bits per heavy atom. The number of rotatable bonds is 4. The van der Waals surface area contributed by atoms with Gasteiger partial charge in [-0.1, -0.05) is 234 Å². The van der Waals surface area contributed by atoms with Crippen molar-refractivity contribution in [2.24, 2.45) is 0 Å². The van der Waals surface area contributed by atoms with Gasteiger partial charge in [-0.05, 0) is 155 Å². The molecule has 0 saturated carbocycles. The molecule has 0 amide bonds. The summed E-state index contributed by atoms with van der Waals surface area (Å²) >= 11 is 0. The third kappa shape index (κ3) is 5.32. The first-order valence-electron chi connectivity index (χ1n) is 24.2. The van der Waals surface area contributed by atoms with Gasteiger partial charge in [-0.2, -0.15) is 0 Å². The fourth-order valence-electron chi connectivity index (χ4n) is 12.9. The van der Waals surface area contributed by atoms with E-state index in [1.54, 1.807) is 0 Å². The van der Waals surface area contributed by atoms with Crippen LogP contribution in [0, 0.1) is 0 Å². The third-order valence-corrected chi connectivity index (χ3v) is 16.1. The minimum Gasteiger partial charge on any atom is -0.0619 e. The molecule has 2 aliphatic carbocycles. The monoisotopic (exact) mass is 864 g/mol. The topological polar surface area (TPSA) is 0 Å². The molecular weight excluding hydrogens is 817 g/mol. The van der Waals surface area contributed by atoms with Gasteiger partial charge in [0, 0.05) is 10.8 Å². The van der Waals surface area contributed by atoms with Gasteiger partial charge in [0.15, 0.2) is 0 Å². The van der Waals surface area contributed by atoms with Gasteiger partial charge in [0.25, 0.3) is 0 Å².